The maximum atomic E-state index is 12.0. The van der Waals surface area contributed by atoms with E-state index in [1.165, 1.54) is 16.9 Å². The summed E-state index contributed by atoms with van der Waals surface area (Å²) in [7, 11) is 0. The lowest BCUT2D eigenvalue weighted by atomic mass is 9.86. The van der Waals surface area contributed by atoms with Gasteiger partial charge in [-0.05, 0) is 36.5 Å². The Morgan fingerprint density at radius 2 is 1.95 bits per heavy atom. The van der Waals surface area contributed by atoms with Crippen molar-refractivity contribution in [2.45, 2.75) is 40.0 Å². The number of thiazole rings is 1. The summed E-state index contributed by atoms with van der Waals surface area (Å²) in [6.07, 6.45) is 1.56. The van der Waals surface area contributed by atoms with E-state index < -0.39 is 0 Å². The molecule has 0 atom stereocenters. The fraction of sp³-hybridized carbons (Fsp3) is 0.375. The highest BCUT2D eigenvalue weighted by atomic mass is 32.1. The number of nitrogens with zero attached hydrogens (tertiary/aromatic N) is 1. The summed E-state index contributed by atoms with van der Waals surface area (Å²) in [5.41, 5.74) is 2.28. The van der Waals surface area contributed by atoms with Crippen molar-refractivity contribution in [3.05, 3.63) is 45.4 Å². The van der Waals surface area contributed by atoms with Gasteiger partial charge in [-0.25, -0.2) is 9.78 Å². The van der Waals surface area contributed by atoms with Gasteiger partial charge in [0.2, 0.25) is 0 Å². The minimum atomic E-state index is -0.345. The molecule has 2 rings (SSSR count). The highest BCUT2D eigenvalue weighted by molar-refractivity contribution is 7.13. The predicted octanol–water partition coefficient (Wildman–Crippen LogP) is 4.28. The van der Waals surface area contributed by atoms with Crippen molar-refractivity contribution < 1.29 is 9.53 Å². The van der Waals surface area contributed by atoms with Gasteiger partial charge >= 0.3 is 5.97 Å². The molecule has 0 radical (unpaired) electrons. The molecule has 0 aliphatic carbocycles. The van der Waals surface area contributed by atoms with Crippen LogP contribution in [0.3, 0.4) is 0 Å². The molecule has 0 amide bonds. The van der Waals surface area contributed by atoms with Gasteiger partial charge in [0.05, 0.1) is 11.2 Å². The molecule has 20 heavy (non-hydrogen) atoms. The predicted molar refractivity (Wildman–Crippen MR) is 81.7 cm³/mol. The molecule has 0 N–H and O–H groups in total. The Morgan fingerprint density at radius 1 is 1.25 bits per heavy atom. The Bertz CT molecular complexity index is 638. The van der Waals surface area contributed by atoms with Crippen molar-refractivity contribution in [1.29, 1.82) is 0 Å². The van der Waals surface area contributed by atoms with Crippen LogP contribution in [-0.4, -0.2) is 11.0 Å². The number of hydrogen-bond donors (Lipinski definition) is 0. The van der Waals surface area contributed by atoms with Crippen LogP contribution in [0.5, 0.6) is 5.75 Å². The number of hydrogen-bond acceptors (Lipinski definition) is 4. The molecule has 0 aliphatic rings. The van der Waals surface area contributed by atoms with E-state index in [0.717, 1.165) is 10.6 Å². The topological polar surface area (TPSA) is 39.2 Å². The van der Waals surface area contributed by atoms with Crippen molar-refractivity contribution >= 4 is 17.3 Å². The number of ether oxygens (including phenoxy) is 1. The molecular weight excluding hydrogens is 270 g/mol. The second kappa shape index (κ2) is 5.37. The van der Waals surface area contributed by atoms with Crippen LogP contribution in [0.1, 0.15) is 46.6 Å². The maximum absolute atomic E-state index is 12.0. The Balaban J connectivity index is 2.20. The third-order valence-electron chi connectivity index (χ3n) is 3.07. The maximum Gasteiger partial charge on any atom is 0.355 e. The number of esters is 1. The molecule has 0 bridgehead atoms. The first kappa shape index (κ1) is 14.7. The highest BCUT2D eigenvalue weighted by Crippen LogP contribution is 2.28. The van der Waals surface area contributed by atoms with Crippen LogP contribution in [0.25, 0.3) is 0 Å². The quantitative estimate of drug-likeness (QED) is 0.612. The Morgan fingerprint density at radius 3 is 2.45 bits per heavy atom. The molecule has 0 saturated heterocycles. The molecule has 0 saturated carbocycles. The number of rotatable bonds is 2. The van der Waals surface area contributed by atoms with Crippen molar-refractivity contribution in [3.63, 3.8) is 0 Å². The lowest BCUT2D eigenvalue weighted by Crippen LogP contribution is -2.12. The number of carbonyl (C=O) groups is 1. The molecule has 0 unspecified atom stereocenters. The van der Waals surface area contributed by atoms with Gasteiger partial charge in [-0.15, -0.1) is 11.3 Å². The van der Waals surface area contributed by atoms with E-state index in [9.17, 15) is 4.79 Å². The smallest absolute Gasteiger partial charge is 0.355 e. The monoisotopic (exact) mass is 289 g/mol. The van der Waals surface area contributed by atoms with Gasteiger partial charge < -0.3 is 4.74 Å². The van der Waals surface area contributed by atoms with Crippen molar-refractivity contribution in [2.75, 3.05) is 0 Å². The van der Waals surface area contributed by atoms with Crippen LogP contribution >= 0.6 is 11.3 Å². The molecule has 0 spiro atoms. The molecule has 2 aromatic rings. The van der Waals surface area contributed by atoms with E-state index in [1.807, 2.05) is 26.0 Å². The fourth-order valence-corrected chi connectivity index (χ4v) is 2.49. The van der Waals surface area contributed by atoms with Crippen molar-refractivity contribution in [2.24, 2.45) is 0 Å². The molecule has 1 heterocycles. The zero-order valence-electron chi connectivity index (χ0n) is 12.5. The van der Waals surface area contributed by atoms with Crippen LogP contribution in [-0.2, 0) is 5.41 Å². The molecular formula is C16H19NO2S. The Hall–Kier alpha value is -1.68. The fourth-order valence-electron chi connectivity index (χ4n) is 1.84. The van der Waals surface area contributed by atoms with E-state index in [-0.39, 0.29) is 11.4 Å². The van der Waals surface area contributed by atoms with Gasteiger partial charge in [0.15, 0.2) is 0 Å². The molecule has 1 aromatic carbocycles. The summed E-state index contributed by atoms with van der Waals surface area (Å²) in [6.45, 7) is 10.3. The lowest BCUT2D eigenvalue weighted by molar-refractivity contribution is 0.0738. The summed E-state index contributed by atoms with van der Waals surface area (Å²) in [6, 6.07) is 5.94. The molecule has 0 fully saturated rings. The number of carbonyl (C=O) groups excluding carboxylic acids is 1. The van der Waals surface area contributed by atoms with Crippen LogP contribution in [0.15, 0.2) is 24.4 Å². The van der Waals surface area contributed by atoms with Gasteiger partial charge in [-0.2, -0.15) is 0 Å². The average Bonchev–Trinajstić information content (AvgIpc) is 2.77. The second-order valence-corrected chi connectivity index (χ2v) is 7.10. The zero-order chi connectivity index (χ0) is 14.9. The summed E-state index contributed by atoms with van der Waals surface area (Å²) in [4.78, 5) is 16.6. The summed E-state index contributed by atoms with van der Waals surface area (Å²) in [5.74, 6) is 0.260. The molecule has 0 aliphatic heterocycles. The highest BCUT2D eigenvalue weighted by Gasteiger charge is 2.17. The van der Waals surface area contributed by atoms with E-state index in [4.69, 9.17) is 4.74 Å². The lowest BCUT2D eigenvalue weighted by Gasteiger charge is -2.20. The van der Waals surface area contributed by atoms with E-state index in [0.29, 0.717) is 10.6 Å². The molecule has 106 valence electrons. The zero-order valence-corrected chi connectivity index (χ0v) is 13.3. The van der Waals surface area contributed by atoms with Crippen LogP contribution in [0, 0.1) is 13.8 Å². The average molecular weight is 289 g/mol. The van der Waals surface area contributed by atoms with Crippen molar-refractivity contribution in [3.8, 4) is 5.75 Å². The Labute approximate surface area is 123 Å². The first-order valence-electron chi connectivity index (χ1n) is 6.53. The second-order valence-electron chi connectivity index (χ2n) is 5.86. The minimum Gasteiger partial charge on any atom is -0.422 e. The SMILES string of the molecule is Cc1ncc(C(=O)Oc2ccc(C(C)(C)C)cc2C)s1. The van der Waals surface area contributed by atoms with Crippen molar-refractivity contribution in [1.82, 2.24) is 4.98 Å². The standard InChI is InChI=1S/C16H19NO2S/c1-10-8-12(16(3,4)5)6-7-13(10)19-15(18)14-9-17-11(2)20-14/h6-9H,1-5H3. The summed E-state index contributed by atoms with van der Waals surface area (Å²) in [5, 5.41) is 0.858. The van der Waals surface area contributed by atoms with Gasteiger partial charge in [-0.3, -0.25) is 0 Å². The number of benzene rings is 1. The van der Waals surface area contributed by atoms with E-state index in [1.54, 1.807) is 6.20 Å². The summed E-state index contributed by atoms with van der Waals surface area (Å²) < 4.78 is 5.44. The first-order chi connectivity index (χ1) is 9.27. The van der Waals surface area contributed by atoms with Crippen LogP contribution in [0.4, 0.5) is 0 Å². The van der Waals surface area contributed by atoms with Gasteiger partial charge in [0, 0.05) is 0 Å². The van der Waals surface area contributed by atoms with E-state index in [2.05, 4.69) is 31.8 Å². The normalized spacial score (nSPS) is 11.4. The van der Waals surface area contributed by atoms with Gasteiger partial charge in [0.25, 0.3) is 0 Å². The number of aromatic nitrogens is 1. The Kier molecular flexibility index (Phi) is 3.95. The molecule has 3 nitrogen and oxygen atoms in total. The summed E-state index contributed by atoms with van der Waals surface area (Å²) >= 11 is 1.34. The first-order valence-corrected chi connectivity index (χ1v) is 7.35. The van der Waals surface area contributed by atoms with Gasteiger partial charge in [0.1, 0.15) is 10.6 Å². The van der Waals surface area contributed by atoms with Crippen LogP contribution < -0.4 is 4.74 Å². The largest absolute Gasteiger partial charge is 0.422 e. The van der Waals surface area contributed by atoms with Gasteiger partial charge in [-0.1, -0.05) is 32.9 Å². The third-order valence-corrected chi connectivity index (χ3v) is 3.96. The van der Waals surface area contributed by atoms with E-state index >= 15 is 0 Å². The molecule has 1 aromatic heterocycles. The number of aryl methyl sites for hydroxylation is 2. The van der Waals surface area contributed by atoms with Crippen LogP contribution in [0.2, 0.25) is 0 Å². The third kappa shape index (κ3) is 3.25. The minimum absolute atomic E-state index is 0.0854. The molecule has 4 heteroatoms.